The molecule has 1 heterocycles. The summed E-state index contributed by atoms with van der Waals surface area (Å²) in [6, 6.07) is 0.0127. The van der Waals surface area contributed by atoms with Crippen LogP contribution in [0.1, 0.15) is 55.2 Å². The molecule has 6 nitrogen and oxygen atoms in total. The third-order valence-electron chi connectivity index (χ3n) is 2.47. The van der Waals surface area contributed by atoms with Gasteiger partial charge >= 0.3 is 0 Å². The predicted molar refractivity (Wildman–Crippen MR) is 56.6 cm³/mol. The van der Waals surface area contributed by atoms with E-state index >= 15 is 0 Å². The molecule has 0 aliphatic heterocycles. The average molecular weight is 224 g/mol. The van der Waals surface area contributed by atoms with E-state index in [0.29, 0.717) is 11.9 Å². The zero-order valence-corrected chi connectivity index (χ0v) is 9.27. The minimum Gasteiger partial charge on any atom is -0.346 e. The van der Waals surface area contributed by atoms with Gasteiger partial charge in [0.05, 0.1) is 6.04 Å². The molecular weight excluding hydrogens is 208 g/mol. The van der Waals surface area contributed by atoms with E-state index in [-0.39, 0.29) is 17.8 Å². The lowest BCUT2D eigenvalue weighted by molar-refractivity contribution is 0.0937. The summed E-state index contributed by atoms with van der Waals surface area (Å²) < 4.78 is 4.96. The number of carbonyl (C=O) groups excluding carboxylic acids is 1. The Morgan fingerprint density at radius 3 is 3.06 bits per heavy atom. The quantitative estimate of drug-likeness (QED) is 0.770. The molecule has 0 spiro atoms. The number of aromatic nitrogens is 2. The molecule has 0 aromatic carbocycles. The summed E-state index contributed by atoms with van der Waals surface area (Å²) >= 11 is 0. The maximum atomic E-state index is 11.6. The van der Waals surface area contributed by atoms with Crippen molar-refractivity contribution in [1.82, 2.24) is 15.5 Å². The number of nitrogens with one attached hydrogen (secondary N) is 1. The van der Waals surface area contributed by atoms with Gasteiger partial charge in [0.15, 0.2) is 0 Å². The number of amides is 1. The van der Waals surface area contributed by atoms with Gasteiger partial charge in [-0.1, -0.05) is 18.5 Å². The molecule has 1 fully saturated rings. The van der Waals surface area contributed by atoms with Crippen LogP contribution in [0.2, 0.25) is 0 Å². The van der Waals surface area contributed by atoms with Crippen molar-refractivity contribution in [3.8, 4) is 0 Å². The molecular formula is C10H16N4O2. The minimum absolute atomic E-state index is 0.0773. The van der Waals surface area contributed by atoms with Crippen molar-refractivity contribution < 1.29 is 9.32 Å². The second kappa shape index (κ2) is 4.61. The molecule has 0 unspecified atom stereocenters. The summed E-state index contributed by atoms with van der Waals surface area (Å²) in [6.45, 7) is 2.02. The first-order valence-electron chi connectivity index (χ1n) is 5.60. The summed E-state index contributed by atoms with van der Waals surface area (Å²) in [7, 11) is 0. The Labute approximate surface area is 93.6 Å². The van der Waals surface area contributed by atoms with Crippen molar-refractivity contribution in [1.29, 1.82) is 0 Å². The highest BCUT2D eigenvalue weighted by atomic mass is 16.5. The van der Waals surface area contributed by atoms with Crippen LogP contribution in [0, 0.1) is 0 Å². The van der Waals surface area contributed by atoms with Crippen LogP contribution in [0.15, 0.2) is 4.52 Å². The highest BCUT2D eigenvalue weighted by molar-refractivity contribution is 5.90. The monoisotopic (exact) mass is 224 g/mol. The van der Waals surface area contributed by atoms with Gasteiger partial charge in [-0.15, -0.1) is 0 Å². The van der Waals surface area contributed by atoms with Gasteiger partial charge in [-0.2, -0.15) is 4.98 Å². The summed E-state index contributed by atoms with van der Waals surface area (Å²) in [5.74, 6) is 0.137. The fourth-order valence-corrected chi connectivity index (χ4v) is 1.39. The zero-order valence-electron chi connectivity index (χ0n) is 9.27. The predicted octanol–water partition coefficient (Wildman–Crippen LogP) is 0.762. The van der Waals surface area contributed by atoms with Crippen molar-refractivity contribution in [2.75, 3.05) is 0 Å². The number of carbonyl (C=O) groups is 1. The van der Waals surface area contributed by atoms with Crippen molar-refractivity contribution in [2.24, 2.45) is 5.73 Å². The number of hydrogen-bond acceptors (Lipinski definition) is 5. The summed E-state index contributed by atoms with van der Waals surface area (Å²) in [5.41, 5.74) is 5.80. The molecule has 16 heavy (non-hydrogen) atoms. The zero-order chi connectivity index (χ0) is 11.5. The van der Waals surface area contributed by atoms with E-state index in [2.05, 4.69) is 15.5 Å². The molecule has 1 aliphatic rings. The van der Waals surface area contributed by atoms with Crippen molar-refractivity contribution in [3.63, 3.8) is 0 Å². The molecule has 1 aromatic rings. The number of nitrogens with two attached hydrogens (primary N) is 1. The Hall–Kier alpha value is -1.43. The Morgan fingerprint density at radius 2 is 2.44 bits per heavy atom. The molecule has 88 valence electrons. The van der Waals surface area contributed by atoms with Crippen LogP contribution in [0.25, 0.3) is 0 Å². The summed E-state index contributed by atoms with van der Waals surface area (Å²) in [5, 5.41) is 6.41. The van der Waals surface area contributed by atoms with Crippen LogP contribution in [0.3, 0.4) is 0 Å². The highest BCUT2D eigenvalue weighted by Crippen LogP contribution is 2.19. The van der Waals surface area contributed by atoms with Gasteiger partial charge in [0.1, 0.15) is 0 Å². The van der Waals surface area contributed by atoms with E-state index in [1.165, 1.54) is 0 Å². The van der Waals surface area contributed by atoms with Gasteiger partial charge in [-0.25, -0.2) is 0 Å². The van der Waals surface area contributed by atoms with E-state index in [1.807, 2.05) is 6.92 Å². The molecule has 0 bridgehead atoms. The lowest BCUT2D eigenvalue weighted by Gasteiger charge is -2.02. The van der Waals surface area contributed by atoms with Crippen LogP contribution >= 0.6 is 0 Å². The molecule has 0 saturated heterocycles. The molecule has 1 aliphatic carbocycles. The van der Waals surface area contributed by atoms with Gasteiger partial charge in [-0.05, 0) is 19.3 Å². The van der Waals surface area contributed by atoms with Crippen LogP contribution < -0.4 is 11.1 Å². The van der Waals surface area contributed by atoms with E-state index in [0.717, 1.165) is 25.7 Å². The molecule has 6 heteroatoms. The van der Waals surface area contributed by atoms with Crippen molar-refractivity contribution >= 4 is 5.91 Å². The van der Waals surface area contributed by atoms with E-state index < -0.39 is 0 Å². The topological polar surface area (TPSA) is 94.0 Å². The Kier molecular flexibility index (Phi) is 3.19. The molecule has 0 radical (unpaired) electrons. The van der Waals surface area contributed by atoms with Crippen LogP contribution in [0.5, 0.6) is 0 Å². The average Bonchev–Trinajstić information content (AvgIpc) is 2.93. The number of rotatable bonds is 5. The fraction of sp³-hybridized carbons (Fsp3) is 0.700. The first-order valence-corrected chi connectivity index (χ1v) is 5.60. The smallest absolute Gasteiger partial charge is 0.292 e. The molecule has 1 saturated carbocycles. The third-order valence-corrected chi connectivity index (χ3v) is 2.47. The maximum Gasteiger partial charge on any atom is 0.292 e. The Morgan fingerprint density at radius 1 is 1.69 bits per heavy atom. The van der Waals surface area contributed by atoms with Gasteiger partial charge in [0.2, 0.25) is 5.89 Å². The third kappa shape index (κ3) is 2.57. The molecule has 1 atom stereocenters. The molecule has 2 rings (SSSR count). The molecule has 1 amide bonds. The second-order valence-electron chi connectivity index (χ2n) is 4.10. The van der Waals surface area contributed by atoms with Crippen LogP contribution in [-0.4, -0.2) is 22.1 Å². The van der Waals surface area contributed by atoms with Crippen LogP contribution in [-0.2, 0) is 0 Å². The number of hydrogen-bond donors (Lipinski definition) is 2. The molecule has 3 N–H and O–H groups in total. The first kappa shape index (κ1) is 11.1. The summed E-state index contributed by atoms with van der Waals surface area (Å²) in [4.78, 5) is 15.5. The van der Waals surface area contributed by atoms with Crippen LogP contribution in [0.4, 0.5) is 0 Å². The van der Waals surface area contributed by atoms with Gasteiger partial charge in [0.25, 0.3) is 11.7 Å². The van der Waals surface area contributed by atoms with Crippen molar-refractivity contribution in [3.05, 3.63) is 11.7 Å². The highest BCUT2D eigenvalue weighted by Gasteiger charge is 2.26. The van der Waals surface area contributed by atoms with Crippen molar-refractivity contribution in [2.45, 2.75) is 44.7 Å². The Bertz CT molecular complexity index is 373. The maximum absolute atomic E-state index is 11.6. The Balaban J connectivity index is 1.97. The van der Waals surface area contributed by atoms with E-state index in [1.54, 1.807) is 0 Å². The van der Waals surface area contributed by atoms with Gasteiger partial charge in [0, 0.05) is 6.04 Å². The standard InChI is InChI=1S/C10H16N4O2/c1-2-3-7(11)10-13-8(14-16-10)9(15)12-6-4-5-6/h6-7H,2-5,11H2,1H3,(H,12,15)/t7-/m0/s1. The molecule has 1 aromatic heterocycles. The largest absolute Gasteiger partial charge is 0.346 e. The van der Waals surface area contributed by atoms with E-state index in [9.17, 15) is 4.79 Å². The normalized spacial score (nSPS) is 17.1. The first-order chi connectivity index (χ1) is 7.70. The van der Waals surface area contributed by atoms with Gasteiger partial charge < -0.3 is 15.6 Å². The van der Waals surface area contributed by atoms with E-state index in [4.69, 9.17) is 10.3 Å². The fourth-order valence-electron chi connectivity index (χ4n) is 1.39. The second-order valence-corrected chi connectivity index (χ2v) is 4.10. The lowest BCUT2D eigenvalue weighted by atomic mass is 10.2. The summed E-state index contributed by atoms with van der Waals surface area (Å²) in [6.07, 6.45) is 3.77. The number of nitrogens with zero attached hydrogens (tertiary/aromatic N) is 2. The SMILES string of the molecule is CCC[C@H](N)c1nc(C(=O)NC2CC2)no1. The minimum atomic E-state index is -0.278. The lowest BCUT2D eigenvalue weighted by Crippen LogP contribution is -2.26. The van der Waals surface area contributed by atoms with Gasteiger partial charge in [-0.3, -0.25) is 4.79 Å².